The van der Waals surface area contributed by atoms with Crippen LogP contribution in [0.5, 0.6) is 17.2 Å². The van der Waals surface area contributed by atoms with Gasteiger partial charge >= 0.3 is 0 Å². The van der Waals surface area contributed by atoms with Gasteiger partial charge < -0.3 is 14.2 Å². The number of halogens is 1. The summed E-state index contributed by atoms with van der Waals surface area (Å²) in [5, 5.41) is 0. The van der Waals surface area contributed by atoms with Gasteiger partial charge in [0.1, 0.15) is 11.9 Å². The number of fused-ring (bicyclic) bond motifs is 2. The van der Waals surface area contributed by atoms with Gasteiger partial charge in [0, 0.05) is 4.47 Å². The standard InChI is InChI=1S/C16H11BrO4/c17-10-2-3-11-12(18)7-14(21-15(11)6-10)9-1-4-13-16(5-9)20-8-19-13/h1-6,14H,7-8H2. The van der Waals surface area contributed by atoms with Gasteiger partial charge in [-0.1, -0.05) is 22.0 Å². The number of benzene rings is 2. The summed E-state index contributed by atoms with van der Waals surface area (Å²) >= 11 is 3.40. The van der Waals surface area contributed by atoms with Crippen molar-refractivity contribution in [3.63, 3.8) is 0 Å². The van der Waals surface area contributed by atoms with Gasteiger partial charge in [0.2, 0.25) is 6.79 Å². The van der Waals surface area contributed by atoms with E-state index in [4.69, 9.17) is 14.2 Å². The van der Waals surface area contributed by atoms with Crippen molar-refractivity contribution in [2.75, 3.05) is 6.79 Å². The summed E-state index contributed by atoms with van der Waals surface area (Å²) in [5.74, 6) is 2.13. The zero-order chi connectivity index (χ0) is 14.4. The molecule has 0 amide bonds. The fourth-order valence-corrected chi connectivity index (χ4v) is 2.94. The largest absolute Gasteiger partial charge is 0.484 e. The number of carbonyl (C=O) groups is 1. The van der Waals surface area contributed by atoms with Crippen LogP contribution in [0.2, 0.25) is 0 Å². The van der Waals surface area contributed by atoms with E-state index >= 15 is 0 Å². The molecule has 0 aromatic heterocycles. The van der Waals surface area contributed by atoms with Crippen molar-refractivity contribution in [1.82, 2.24) is 0 Å². The summed E-state index contributed by atoms with van der Waals surface area (Å²) in [5.41, 5.74) is 1.55. The third kappa shape index (κ3) is 2.17. The van der Waals surface area contributed by atoms with Crippen molar-refractivity contribution >= 4 is 21.7 Å². The number of Topliss-reactive ketones (excluding diaryl/α,β-unsaturated/α-hetero) is 1. The van der Waals surface area contributed by atoms with Crippen LogP contribution in [-0.4, -0.2) is 12.6 Å². The second kappa shape index (κ2) is 4.77. The van der Waals surface area contributed by atoms with Crippen molar-refractivity contribution in [2.24, 2.45) is 0 Å². The molecule has 0 spiro atoms. The second-order valence-electron chi connectivity index (χ2n) is 4.99. The first kappa shape index (κ1) is 12.7. The van der Waals surface area contributed by atoms with E-state index in [0.29, 0.717) is 23.5 Å². The molecular formula is C16H11BrO4. The fraction of sp³-hybridized carbons (Fsp3) is 0.188. The van der Waals surface area contributed by atoms with Crippen LogP contribution in [0.25, 0.3) is 0 Å². The van der Waals surface area contributed by atoms with Crippen molar-refractivity contribution in [1.29, 1.82) is 0 Å². The summed E-state index contributed by atoms with van der Waals surface area (Å²) in [4.78, 5) is 12.3. The third-order valence-electron chi connectivity index (χ3n) is 3.65. The minimum Gasteiger partial charge on any atom is -0.484 e. The molecule has 5 heteroatoms. The smallest absolute Gasteiger partial charge is 0.231 e. The maximum atomic E-state index is 12.3. The first-order valence-corrected chi connectivity index (χ1v) is 7.39. The first-order chi connectivity index (χ1) is 10.2. The Bertz CT molecular complexity index is 741. The minimum absolute atomic E-state index is 0.0893. The summed E-state index contributed by atoms with van der Waals surface area (Å²) in [6.45, 7) is 0.235. The highest BCUT2D eigenvalue weighted by atomic mass is 79.9. The molecule has 2 aromatic rings. The molecular weight excluding hydrogens is 336 g/mol. The van der Waals surface area contributed by atoms with Gasteiger partial charge in [-0.15, -0.1) is 0 Å². The van der Waals surface area contributed by atoms with E-state index < -0.39 is 0 Å². The molecule has 0 fully saturated rings. The highest BCUT2D eigenvalue weighted by Gasteiger charge is 2.29. The van der Waals surface area contributed by atoms with Crippen LogP contribution in [0.15, 0.2) is 40.9 Å². The predicted octanol–water partition coefficient (Wildman–Crippen LogP) is 3.88. The number of ether oxygens (including phenoxy) is 3. The molecule has 106 valence electrons. The summed E-state index contributed by atoms with van der Waals surface area (Å²) in [6, 6.07) is 11.1. The molecule has 4 nitrogen and oxygen atoms in total. The Hall–Kier alpha value is -2.01. The van der Waals surface area contributed by atoms with Gasteiger partial charge in [0.15, 0.2) is 17.3 Å². The van der Waals surface area contributed by atoms with Crippen LogP contribution in [0.3, 0.4) is 0 Å². The molecule has 0 saturated heterocycles. The summed E-state index contributed by atoms with van der Waals surface area (Å²) in [7, 11) is 0. The number of hydrogen-bond acceptors (Lipinski definition) is 4. The van der Waals surface area contributed by atoms with E-state index in [9.17, 15) is 4.79 Å². The molecule has 21 heavy (non-hydrogen) atoms. The maximum Gasteiger partial charge on any atom is 0.231 e. The summed E-state index contributed by atoms with van der Waals surface area (Å²) in [6.07, 6.45) is 0.0302. The lowest BCUT2D eigenvalue weighted by molar-refractivity contribution is 0.0849. The number of carbonyl (C=O) groups excluding carboxylic acids is 1. The first-order valence-electron chi connectivity index (χ1n) is 6.60. The minimum atomic E-state index is -0.297. The molecule has 1 unspecified atom stereocenters. The van der Waals surface area contributed by atoms with Crippen LogP contribution in [-0.2, 0) is 0 Å². The molecule has 0 N–H and O–H groups in total. The zero-order valence-corrected chi connectivity index (χ0v) is 12.6. The lowest BCUT2D eigenvalue weighted by atomic mass is 9.96. The van der Waals surface area contributed by atoms with Crippen molar-refractivity contribution in [3.05, 3.63) is 52.0 Å². The molecule has 0 aliphatic carbocycles. The van der Waals surface area contributed by atoms with Gasteiger partial charge in [-0.05, 0) is 35.9 Å². The highest BCUT2D eigenvalue weighted by molar-refractivity contribution is 9.10. The van der Waals surface area contributed by atoms with Gasteiger partial charge in [-0.25, -0.2) is 0 Å². The van der Waals surface area contributed by atoms with Crippen molar-refractivity contribution in [2.45, 2.75) is 12.5 Å². The monoisotopic (exact) mass is 346 g/mol. The molecule has 2 aliphatic heterocycles. The van der Waals surface area contributed by atoms with E-state index in [1.807, 2.05) is 30.3 Å². The van der Waals surface area contributed by atoms with Crippen molar-refractivity contribution < 1.29 is 19.0 Å². The highest BCUT2D eigenvalue weighted by Crippen LogP contribution is 2.40. The lowest BCUT2D eigenvalue weighted by Gasteiger charge is -2.25. The zero-order valence-electron chi connectivity index (χ0n) is 11.0. The third-order valence-corrected chi connectivity index (χ3v) is 4.15. The number of ketones is 1. The maximum absolute atomic E-state index is 12.3. The van der Waals surface area contributed by atoms with Gasteiger partial charge in [0.25, 0.3) is 0 Å². The van der Waals surface area contributed by atoms with Gasteiger partial charge in [0.05, 0.1) is 12.0 Å². The van der Waals surface area contributed by atoms with E-state index in [2.05, 4.69) is 15.9 Å². The Kier molecular flexibility index (Phi) is 2.89. The van der Waals surface area contributed by atoms with Crippen LogP contribution in [0, 0.1) is 0 Å². The Morgan fingerprint density at radius 1 is 1.00 bits per heavy atom. The molecule has 4 rings (SSSR count). The molecule has 0 bridgehead atoms. The topological polar surface area (TPSA) is 44.8 Å². The van der Waals surface area contributed by atoms with Crippen LogP contribution in [0.4, 0.5) is 0 Å². The average Bonchev–Trinajstić information content (AvgIpc) is 2.94. The van der Waals surface area contributed by atoms with Crippen molar-refractivity contribution in [3.8, 4) is 17.2 Å². The lowest BCUT2D eigenvalue weighted by Crippen LogP contribution is -2.20. The fourth-order valence-electron chi connectivity index (χ4n) is 2.60. The summed E-state index contributed by atoms with van der Waals surface area (Å²) < 4.78 is 17.5. The Morgan fingerprint density at radius 2 is 1.86 bits per heavy atom. The SMILES string of the molecule is O=C1CC(c2ccc3c(c2)OCO3)Oc2cc(Br)ccc21. The Morgan fingerprint density at radius 3 is 2.76 bits per heavy atom. The second-order valence-corrected chi connectivity index (χ2v) is 5.90. The Balaban J connectivity index is 1.70. The molecule has 2 aliphatic rings. The number of hydrogen-bond donors (Lipinski definition) is 0. The van der Waals surface area contributed by atoms with Crippen LogP contribution < -0.4 is 14.2 Å². The van der Waals surface area contributed by atoms with E-state index in [1.54, 1.807) is 6.07 Å². The quantitative estimate of drug-likeness (QED) is 0.785. The van der Waals surface area contributed by atoms with Gasteiger partial charge in [-0.3, -0.25) is 4.79 Å². The molecule has 2 aromatic carbocycles. The molecule has 2 heterocycles. The molecule has 0 saturated carbocycles. The molecule has 0 radical (unpaired) electrons. The van der Waals surface area contributed by atoms with E-state index in [1.165, 1.54) is 0 Å². The van der Waals surface area contributed by atoms with Crippen LogP contribution in [0.1, 0.15) is 28.4 Å². The molecule has 1 atom stereocenters. The van der Waals surface area contributed by atoms with E-state index in [-0.39, 0.29) is 18.7 Å². The number of rotatable bonds is 1. The average molecular weight is 347 g/mol. The van der Waals surface area contributed by atoms with Crippen LogP contribution >= 0.6 is 15.9 Å². The van der Waals surface area contributed by atoms with E-state index in [0.717, 1.165) is 15.8 Å². The van der Waals surface area contributed by atoms with Gasteiger partial charge in [-0.2, -0.15) is 0 Å². The predicted molar refractivity (Wildman–Crippen MR) is 79.0 cm³/mol. The Labute approximate surface area is 129 Å². The normalized spacial score (nSPS) is 19.1.